The maximum absolute atomic E-state index is 13.3. The minimum Gasteiger partial charge on any atom is -0.507 e. The Morgan fingerprint density at radius 1 is 1.29 bits per heavy atom. The van der Waals surface area contributed by atoms with Gasteiger partial charge in [0.15, 0.2) is 0 Å². The van der Waals surface area contributed by atoms with Crippen LogP contribution in [0.4, 0.5) is 10.1 Å². The summed E-state index contributed by atoms with van der Waals surface area (Å²) in [4.78, 5) is 14.0. The van der Waals surface area contributed by atoms with Crippen LogP contribution in [-0.2, 0) is 13.0 Å². The monoisotopic (exact) mass is 286 g/mol. The minimum absolute atomic E-state index is 0.0204. The van der Waals surface area contributed by atoms with Gasteiger partial charge >= 0.3 is 0 Å². The van der Waals surface area contributed by atoms with Crippen LogP contribution in [0.25, 0.3) is 0 Å². The van der Waals surface area contributed by atoms with Crippen molar-refractivity contribution in [2.75, 3.05) is 12.3 Å². The number of carbonyl (C=O) groups excluding carboxylic acids is 1. The Labute approximate surface area is 121 Å². The zero-order valence-electron chi connectivity index (χ0n) is 11.3. The molecule has 0 spiro atoms. The lowest BCUT2D eigenvalue weighted by Gasteiger charge is -2.30. The Kier molecular flexibility index (Phi) is 3.25. The lowest BCUT2D eigenvalue weighted by atomic mass is 9.97. The standard InChI is InChI=1S/C16H15FN2O2/c17-11-4-5-15(20)12(8-11)16(21)19-7-6-10-2-1-3-14(18)13(10)9-19/h1-5,8,20H,6-7,9,18H2. The molecule has 1 heterocycles. The Morgan fingerprint density at radius 3 is 2.90 bits per heavy atom. The van der Waals surface area contributed by atoms with Gasteiger partial charge in [0.25, 0.3) is 5.91 Å². The molecular weight excluding hydrogens is 271 g/mol. The van der Waals surface area contributed by atoms with Crippen LogP contribution in [-0.4, -0.2) is 22.5 Å². The van der Waals surface area contributed by atoms with Gasteiger partial charge in [-0.2, -0.15) is 0 Å². The highest BCUT2D eigenvalue weighted by Crippen LogP contribution is 2.27. The van der Waals surface area contributed by atoms with Gasteiger partial charge in [0.05, 0.1) is 5.56 Å². The molecule has 21 heavy (non-hydrogen) atoms. The van der Waals surface area contributed by atoms with Gasteiger partial charge in [0.1, 0.15) is 11.6 Å². The summed E-state index contributed by atoms with van der Waals surface area (Å²) in [6, 6.07) is 9.05. The van der Waals surface area contributed by atoms with E-state index in [2.05, 4.69) is 0 Å². The fourth-order valence-electron chi connectivity index (χ4n) is 2.63. The van der Waals surface area contributed by atoms with Gasteiger partial charge in [0.2, 0.25) is 0 Å². The highest BCUT2D eigenvalue weighted by atomic mass is 19.1. The first-order valence-corrected chi connectivity index (χ1v) is 6.70. The molecule has 1 amide bonds. The van der Waals surface area contributed by atoms with Gasteiger partial charge in [-0.15, -0.1) is 0 Å². The number of phenols is 1. The first-order chi connectivity index (χ1) is 10.1. The molecule has 0 saturated carbocycles. The number of nitrogens with two attached hydrogens (primary N) is 1. The number of rotatable bonds is 1. The summed E-state index contributed by atoms with van der Waals surface area (Å²) in [7, 11) is 0. The van der Waals surface area contributed by atoms with Crippen molar-refractivity contribution in [1.82, 2.24) is 4.90 Å². The van der Waals surface area contributed by atoms with Crippen LogP contribution >= 0.6 is 0 Å². The van der Waals surface area contributed by atoms with Gasteiger partial charge < -0.3 is 15.7 Å². The molecule has 0 aromatic heterocycles. The first kappa shape index (κ1) is 13.4. The maximum Gasteiger partial charge on any atom is 0.258 e. The third-order valence-corrected chi connectivity index (χ3v) is 3.79. The molecule has 0 radical (unpaired) electrons. The zero-order valence-corrected chi connectivity index (χ0v) is 11.3. The van der Waals surface area contributed by atoms with Crippen LogP contribution in [0.3, 0.4) is 0 Å². The van der Waals surface area contributed by atoms with Crippen molar-refractivity contribution in [2.24, 2.45) is 0 Å². The molecule has 0 atom stereocenters. The SMILES string of the molecule is Nc1cccc2c1CN(C(=O)c1cc(F)ccc1O)CC2. The van der Waals surface area contributed by atoms with Crippen molar-refractivity contribution < 1.29 is 14.3 Å². The van der Waals surface area contributed by atoms with Gasteiger partial charge in [-0.3, -0.25) is 4.79 Å². The topological polar surface area (TPSA) is 66.6 Å². The van der Waals surface area contributed by atoms with Gasteiger partial charge in [-0.05, 0) is 41.8 Å². The molecule has 5 heteroatoms. The minimum atomic E-state index is -0.548. The predicted octanol–water partition coefficient (Wildman–Crippen LogP) is 2.31. The van der Waals surface area contributed by atoms with E-state index in [0.717, 1.165) is 23.3 Å². The average Bonchev–Trinajstić information content (AvgIpc) is 2.49. The zero-order chi connectivity index (χ0) is 15.0. The molecule has 3 rings (SSSR count). The van der Waals surface area contributed by atoms with Gasteiger partial charge in [-0.25, -0.2) is 4.39 Å². The summed E-state index contributed by atoms with van der Waals surface area (Å²) in [6.45, 7) is 0.891. The molecule has 4 nitrogen and oxygen atoms in total. The molecule has 108 valence electrons. The Morgan fingerprint density at radius 2 is 2.10 bits per heavy atom. The number of fused-ring (bicyclic) bond motifs is 1. The van der Waals surface area contributed by atoms with Crippen molar-refractivity contribution in [3.63, 3.8) is 0 Å². The second-order valence-electron chi connectivity index (χ2n) is 5.12. The number of phenolic OH excluding ortho intramolecular Hbond substituents is 1. The molecule has 1 aliphatic rings. The lowest BCUT2D eigenvalue weighted by molar-refractivity contribution is 0.0731. The van der Waals surface area contributed by atoms with E-state index < -0.39 is 5.82 Å². The van der Waals surface area contributed by atoms with Gasteiger partial charge in [0, 0.05) is 18.8 Å². The lowest BCUT2D eigenvalue weighted by Crippen LogP contribution is -2.36. The average molecular weight is 286 g/mol. The summed E-state index contributed by atoms with van der Waals surface area (Å²) < 4.78 is 13.3. The molecule has 2 aromatic rings. The second kappa shape index (κ2) is 5.09. The first-order valence-electron chi connectivity index (χ1n) is 6.70. The number of hydrogen-bond acceptors (Lipinski definition) is 3. The second-order valence-corrected chi connectivity index (χ2v) is 5.12. The number of hydrogen-bond donors (Lipinski definition) is 2. The molecule has 2 aromatic carbocycles. The van der Waals surface area contributed by atoms with Gasteiger partial charge in [-0.1, -0.05) is 12.1 Å². The van der Waals surface area contributed by atoms with Crippen LogP contribution in [0.2, 0.25) is 0 Å². The Hall–Kier alpha value is -2.56. The number of aromatic hydroxyl groups is 1. The fraction of sp³-hybridized carbons (Fsp3) is 0.188. The molecule has 0 bridgehead atoms. The number of carbonyl (C=O) groups is 1. The molecule has 1 aliphatic heterocycles. The van der Waals surface area contributed by atoms with Crippen LogP contribution in [0.15, 0.2) is 36.4 Å². The number of nitrogen functional groups attached to an aromatic ring is 1. The van der Waals surface area contributed by atoms with E-state index in [1.807, 2.05) is 12.1 Å². The van der Waals surface area contributed by atoms with Crippen LogP contribution in [0, 0.1) is 5.82 Å². The molecule has 0 unspecified atom stereocenters. The highest BCUT2D eigenvalue weighted by Gasteiger charge is 2.25. The van der Waals surface area contributed by atoms with Crippen molar-refractivity contribution in [3.05, 3.63) is 58.9 Å². The van der Waals surface area contributed by atoms with E-state index in [9.17, 15) is 14.3 Å². The van der Waals surface area contributed by atoms with E-state index in [4.69, 9.17) is 5.73 Å². The van der Waals surface area contributed by atoms with Crippen LogP contribution < -0.4 is 5.73 Å². The van der Waals surface area contributed by atoms with Crippen molar-refractivity contribution >= 4 is 11.6 Å². The van der Waals surface area contributed by atoms with E-state index in [1.54, 1.807) is 11.0 Å². The number of halogens is 1. The molecular formula is C16H15FN2O2. The largest absolute Gasteiger partial charge is 0.507 e. The predicted molar refractivity (Wildman–Crippen MR) is 77.4 cm³/mol. The van der Waals surface area contributed by atoms with E-state index in [0.29, 0.717) is 25.2 Å². The quantitative estimate of drug-likeness (QED) is 0.791. The fourth-order valence-corrected chi connectivity index (χ4v) is 2.63. The van der Waals surface area contributed by atoms with Crippen molar-refractivity contribution in [2.45, 2.75) is 13.0 Å². The Balaban J connectivity index is 1.91. The summed E-state index contributed by atoms with van der Waals surface area (Å²) in [5.41, 5.74) is 8.63. The van der Waals surface area contributed by atoms with E-state index in [-0.39, 0.29) is 17.2 Å². The summed E-state index contributed by atoms with van der Waals surface area (Å²) in [5, 5.41) is 9.75. The molecule has 0 saturated heterocycles. The van der Waals surface area contributed by atoms with E-state index in [1.165, 1.54) is 6.07 Å². The number of anilines is 1. The van der Waals surface area contributed by atoms with Crippen molar-refractivity contribution in [1.29, 1.82) is 0 Å². The Bertz CT molecular complexity index is 715. The normalized spacial score (nSPS) is 13.9. The number of benzene rings is 2. The van der Waals surface area contributed by atoms with Crippen LogP contribution in [0.5, 0.6) is 5.75 Å². The molecule has 3 N–H and O–H groups in total. The third kappa shape index (κ3) is 2.42. The highest BCUT2D eigenvalue weighted by molar-refractivity contribution is 5.97. The maximum atomic E-state index is 13.3. The van der Waals surface area contributed by atoms with E-state index >= 15 is 0 Å². The summed E-state index contributed by atoms with van der Waals surface area (Å²) in [6.07, 6.45) is 0.697. The molecule has 0 fully saturated rings. The van der Waals surface area contributed by atoms with Crippen molar-refractivity contribution in [3.8, 4) is 5.75 Å². The van der Waals surface area contributed by atoms with Crippen LogP contribution in [0.1, 0.15) is 21.5 Å². The third-order valence-electron chi connectivity index (χ3n) is 3.79. The molecule has 0 aliphatic carbocycles. The number of nitrogens with zero attached hydrogens (tertiary/aromatic N) is 1. The summed E-state index contributed by atoms with van der Waals surface area (Å²) >= 11 is 0. The smallest absolute Gasteiger partial charge is 0.258 e. The summed E-state index contributed by atoms with van der Waals surface area (Å²) in [5.74, 6) is -1.15. The number of amides is 1.